The zero-order valence-corrected chi connectivity index (χ0v) is 14.5. The lowest BCUT2D eigenvalue weighted by Crippen LogP contribution is -2.48. The standard InChI is InChI=1S/C17H18ClN5O2/c1-12-2-3-13(18)8-14(12)21-16-10-19-15(9-20-16)17(25)23-6-4-22(11-24)5-7-23/h2-3,8-11H,4-7H2,1H3,(H,20,21). The van der Waals surface area contributed by atoms with Crippen molar-refractivity contribution in [3.05, 3.63) is 46.9 Å². The maximum atomic E-state index is 12.4. The van der Waals surface area contributed by atoms with Gasteiger partial charge >= 0.3 is 0 Å². The summed E-state index contributed by atoms with van der Waals surface area (Å²) in [6, 6.07) is 5.54. The largest absolute Gasteiger partial charge is 0.342 e. The number of rotatable bonds is 4. The van der Waals surface area contributed by atoms with Crippen LogP contribution in [0.2, 0.25) is 5.02 Å². The summed E-state index contributed by atoms with van der Waals surface area (Å²) in [6.45, 7) is 4.04. The topological polar surface area (TPSA) is 78.4 Å². The lowest BCUT2D eigenvalue weighted by molar-refractivity contribution is -0.119. The summed E-state index contributed by atoms with van der Waals surface area (Å²) in [5, 5.41) is 3.77. The van der Waals surface area contributed by atoms with Crippen LogP contribution in [-0.2, 0) is 4.79 Å². The number of amides is 2. The molecule has 130 valence electrons. The highest BCUT2D eigenvalue weighted by Crippen LogP contribution is 2.23. The van der Waals surface area contributed by atoms with Gasteiger partial charge in [-0.1, -0.05) is 17.7 Å². The second-order valence-electron chi connectivity index (χ2n) is 5.80. The molecule has 1 saturated heterocycles. The van der Waals surface area contributed by atoms with E-state index in [4.69, 9.17) is 11.6 Å². The van der Waals surface area contributed by atoms with E-state index in [-0.39, 0.29) is 11.6 Å². The molecule has 0 unspecified atom stereocenters. The first-order valence-corrected chi connectivity index (χ1v) is 8.28. The molecule has 7 nitrogen and oxygen atoms in total. The number of carbonyl (C=O) groups excluding carboxylic acids is 2. The van der Waals surface area contributed by atoms with Gasteiger partial charge in [-0.3, -0.25) is 9.59 Å². The van der Waals surface area contributed by atoms with E-state index in [9.17, 15) is 9.59 Å². The van der Waals surface area contributed by atoms with Crippen LogP contribution in [0.15, 0.2) is 30.6 Å². The van der Waals surface area contributed by atoms with Gasteiger partial charge in [0, 0.05) is 36.9 Å². The quantitative estimate of drug-likeness (QED) is 0.846. The number of nitrogens with one attached hydrogen (secondary N) is 1. The number of benzene rings is 1. The van der Waals surface area contributed by atoms with Crippen molar-refractivity contribution in [2.24, 2.45) is 0 Å². The van der Waals surface area contributed by atoms with E-state index < -0.39 is 0 Å². The molecule has 1 aromatic heterocycles. The highest BCUT2D eigenvalue weighted by atomic mass is 35.5. The smallest absolute Gasteiger partial charge is 0.274 e. The zero-order valence-electron chi connectivity index (χ0n) is 13.8. The number of carbonyl (C=O) groups is 2. The molecular weight excluding hydrogens is 342 g/mol. The highest BCUT2D eigenvalue weighted by Gasteiger charge is 2.22. The average Bonchev–Trinajstić information content (AvgIpc) is 2.65. The third-order valence-corrected chi connectivity index (χ3v) is 4.32. The molecule has 1 aliphatic rings. The van der Waals surface area contributed by atoms with E-state index in [0.29, 0.717) is 37.0 Å². The molecule has 0 bridgehead atoms. The van der Waals surface area contributed by atoms with Crippen molar-refractivity contribution in [1.29, 1.82) is 0 Å². The first kappa shape index (κ1) is 17.2. The molecule has 1 N–H and O–H groups in total. The summed E-state index contributed by atoms with van der Waals surface area (Å²) in [5.74, 6) is 0.358. The van der Waals surface area contributed by atoms with E-state index in [1.54, 1.807) is 9.80 Å². The van der Waals surface area contributed by atoms with Crippen molar-refractivity contribution in [3.8, 4) is 0 Å². The van der Waals surface area contributed by atoms with E-state index in [0.717, 1.165) is 17.7 Å². The molecule has 0 spiro atoms. The van der Waals surface area contributed by atoms with Crippen molar-refractivity contribution in [2.75, 3.05) is 31.5 Å². The average molecular weight is 360 g/mol. The van der Waals surface area contributed by atoms with Crippen LogP contribution in [0.3, 0.4) is 0 Å². The third-order valence-electron chi connectivity index (χ3n) is 4.08. The number of aryl methyl sites for hydroxylation is 1. The van der Waals surface area contributed by atoms with Crippen LogP contribution in [-0.4, -0.2) is 58.3 Å². The number of piperazine rings is 1. The molecule has 8 heteroatoms. The van der Waals surface area contributed by atoms with Gasteiger partial charge in [0.25, 0.3) is 5.91 Å². The van der Waals surface area contributed by atoms with Crippen molar-refractivity contribution >= 4 is 35.4 Å². The molecule has 0 aliphatic carbocycles. The SMILES string of the molecule is Cc1ccc(Cl)cc1Nc1cnc(C(=O)N2CCN(C=O)CC2)cn1. The van der Waals surface area contributed by atoms with Crippen LogP contribution < -0.4 is 5.32 Å². The molecule has 0 radical (unpaired) electrons. The summed E-state index contributed by atoms with van der Waals surface area (Å²) < 4.78 is 0. The van der Waals surface area contributed by atoms with E-state index in [1.807, 2.05) is 25.1 Å². The van der Waals surface area contributed by atoms with Crippen LogP contribution >= 0.6 is 11.6 Å². The predicted molar refractivity (Wildman–Crippen MR) is 95.0 cm³/mol. The molecule has 1 fully saturated rings. The minimum absolute atomic E-state index is 0.177. The van der Waals surface area contributed by atoms with Gasteiger partial charge in [-0.2, -0.15) is 0 Å². The number of aromatic nitrogens is 2. The molecule has 2 amide bonds. The van der Waals surface area contributed by atoms with Crippen molar-refractivity contribution in [2.45, 2.75) is 6.92 Å². The molecule has 1 aromatic carbocycles. The number of anilines is 2. The summed E-state index contributed by atoms with van der Waals surface area (Å²) in [6.07, 6.45) is 3.78. The van der Waals surface area contributed by atoms with Gasteiger partial charge in [0.2, 0.25) is 6.41 Å². The predicted octanol–water partition coefficient (Wildman–Crippen LogP) is 2.10. The summed E-state index contributed by atoms with van der Waals surface area (Å²) >= 11 is 6.01. The fourth-order valence-electron chi connectivity index (χ4n) is 2.56. The first-order valence-electron chi connectivity index (χ1n) is 7.90. The molecule has 2 heterocycles. The van der Waals surface area contributed by atoms with Crippen LogP contribution in [0, 0.1) is 6.92 Å². The van der Waals surface area contributed by atoms with Gasteiger partial charge in [-0.15, -0.1) is 0 Å². The Balaban J connectivity index is 1.67. The minimum Gasteiger partial charge on any atom is -0.342 e. The number of hydrogen-bond donors (Lipinski definition) is 1. The zero-order chi connectivity index (χ0) is 17.8. The van der Waals surface area contributed by atoms with Crippen LogP contribution in [0.5, 0.6) is 0 Å². The molecule has 3 rings (SSSR count). The lowest BCUT2D eigenvalue weighted by atomic mass is 10.2. The Bertz CT molecular complexity index is 773. The van der Waals surface area contributed by atoms with Crippen LogP contribution in [0.1, 0.15) is 16.1 Å². The Morgan fingerprint density at radius 2 is 1.96 bits per heavy atom. The first-order chi connectivity index (χ1) is 12.1. The van der Waals surface area contributed by atoms with E-state index in [2.05, 4.69) is 15.3 Å². The summed E-state index contributed by atoms with van der Waals surface area (Å²) in [7, 11) is 0. The second kappa shape index (κ2) is 7.48. The van der Waals surface area contributed by atoms with Crippen molar-refractivity contribution in [3.63, 3.8) is 0 Å². The van der Waals surface area contributed by atoms with Gasteiger partial charge < -0.3 is 15.1 Å². The fourth-order valence-corrected chi connectivity index (χ4v) is 2.73. The summed E-state index contributed by atoms with van der Waals surface area (Å²) in [5.41, 5.74) is 2.15. The number of halogens is 1. The Hall–Kier alpha value is -2.67. The molecule has 2 aromatic rings. The fraction of sp³-hybridized carbons (Fsp3) is 0.294. The van der Waals surface area contributed by atoms with Gasteiger partial charge in [0.15, 0.2) is 0 Å². The molecular formula is C17H18ClN5O2. The van der Waals surface area contributed by atoms with Crippen LogP contribution in [0.4, 0.5) is 11.5 Å². The maximum absolute atomic E-state index is 12.4. The Kier molecular flexibility index (Phi) is 5.14. The normalized spacial score (nSPS) is 14.3. The monoisotopic (exact) mass is 359 g/mol. The molecule has 1 aliphatic heterocycles. The van der Waals surface area contributed by atoms with E-state index >= 15 is 0 Å². The lowest BCUT2D eigenvalue weighted by Gasteiger charge is -2.32. The Morgan fingerprint density at radius 3 is 2.60 bits per heavy atom. The van der Waals surface area contributed by atoms with Gasteiger partial charge in [-0.05, 0) is 24.6 Å². The Labute approximate surface area is 150 Å². The molecule has 25 heavy (non-hydrogen) atoms. The molecule has 0 saturated carbocycles. The number of nitrogens with zero attached hydrogens (tertiary/aromatic N) is 4. The van der Waals surface area contributed by atoms with Crippen molar-refractivity contribution in [1.82, 2.24) is 19.8 Å². The van der Waals surface area contributed by atoms with Gasteiger partial charge in [-0.25, -0.2) is 9.97 Å². The van der Waals surface area contributed by atoms with Crippen LogP contribution in [0.25, 0.3) is 0 Å². The maximum Gasteiger partial charge on any atom is 0.274 e. The highest BCUT2D eigenvalue weighted by molar-refractivity contribution is 6.30. The van der Waals surface area contributed by atoms with Crippen molar-refractivity contribution < 1.29 is 9.59 Å². The third kappa shape index (κ3) is 4.06. The van der Waals surface area contributed by atoms with Gasteiger partial charge in [0.05, 0.1) is 12.4 Å². The van der Waals surface area contributed by atoms with Gasteiger partial charge in [0.1, 0.15) is 11.5 Å². The second-order valence-corrected chi connectivity index (χ2v) is 6.24. The minimum atomic E-state index is -0.177. The number of hydrogen-bond acceptors (Lipinski definition) is 5. The Morgan fingerprint density at radius 1 is 1.20 bits per heavy atom. The summed E-state index contributed by atoms with van der Waals surface area (Å²) in [4.78, 5) is 35.0. The van der Waals surface area contributed by atoms with E-state index in [1.165, 1.54) is 12.4 Å². The molecule has 0 atom stereocenters.